The van der Waals surface area contributed by atoms with Crippen LogP contribution in [-0.2, 0) is 14.3 Å². The van der Waals surface area contributed by atoms with Crippen molar-refractivity contribution in [2.24, 2.45) is 0 Å². The van der Waals surface area contributed by atoms with E-state index in [0.717, 1.165) is 16.7 Å². The first-order valence-electron chi connectivity index (χ1n) is 10.7. The van der Waals surface area contributed by atoms with E-state index in [1.807, 2.05) is 56.3 Å². The number of likely N-dealkylation sites (tertiary alicyclic amines) is 1. The lowest BCUT2D eigenvalue weighted by Crippen LogP contribution is -2.31. The normalized spacial score (nSPS) is 18.3. The van der Waals surface area contributed by atoms with Gasteiger partial charge < -0.3 is 14.7 Å². The molecule has 0 saturated carbocycles. The summed E-state index contributed by atoms with van der Waals surface area (Å²) < 4.78 is 5.13. The third-order valence-corrected chi connectivity index (χ3v) is 5.85. The van der Waals surface area contributed by atoms with E-state index < -0.39 is 17.7 Å². The average molecular weight is 422 g/mol. The monoisotopic (exact) mass is 421 g/mol. The molecule has 0 bridgehead atoms. The molecule has 1 N–H and O–H groups in total. The highest BCUT2D eigenvalue weighted by atomic mass is 16.5. The number of aryl methyl sites for hydroxylation is 2. The van der Waals surface area contributed by atoms with Gasteiger partial charge in [0.2, 0.25) is 0 Å². The Labute approximate surface area is 184 Å². The zero-order chi connectivity index (χ0) is 22.7. The van der Waals surface area contributed by atoms with Gasteiger partial charge in [0.05, 0.1) is 11.6 Å². The molecule has 1 amide bonds. The molecular formula is C26H31NO4. The molecule has 0 radical (unpaired) electrons. The van der Waals surface area contributed by atoms with Crippen molar-refractivity contribution in [1.82, 2.24) is 4.90 Å². The van der Waals surface area contributed by atoms with E-state index in [1.165, 1.54) is 5.56 Å². The number of benzene rings is 2. The number of ketones is 1. The first kappa shape index (κ1) is 22.8. The fraction of sp³-hybridized carbons (Fsp3) is 0.385. The van der Waals surface area contributed by atoms with Crippen molar-refractivity contribution in [3.8, 4) is 0 Å². The van der Waals surface area contributed by atoms with Crippen LogP contribution in [0.2, 0.25) is 0 Å². The van der Waals surface area contributed by atoms with Crippen LogP contribution in [0.4, 0.5) is 0 Å². The minimum Gasteiger partial charge on any atom is -0.507 e. The first-order valence-corrected chi connectivity index (χ1v) is 10.7. The number of methoxy groups -OCH3 is 1. The highest BCUT2D eigenvalue weighted by Crippen LogP contribution is 2.40. The number of carbonyl (C=O) groups excluding carboxylic acids is 2. The van der Waals surface area contributed by atoms with Crippen molar-refractivity contribution < 1.29 is 19.4 Å². The highest BCUT2D eigenvalue weighted by Gasteiger charge is 2.45. The highest BCUT2D eigenvalue weighted by molar-refractivity contribution is 6.46. The van der Waals surface area contributed by atoms with Crippen molar-refractivity contribution in [1.29, 1.82) is 0 Å². The quantitative estimate of drug-likeness (QED) is 0.299. The zero-order valence-electron chi connectivity index (χ0n) is 18.9. The number of nitrogens with zero attached hydrogens (tertiary/aromatic N) is 1. The van der Waals surface area contributed by atoms with E-state index in [9.17, 15) is 14.7 Å². The van der Waals surface area contributed by atoms with Crippen molar-refractivity contribution in [3.05, 3.63) is 75.9 Å². The maximum absolute atomic E-state index is 13.1. The molecule has 1 unspecified atom stereocenters. The molecule has 1 aliphatic rings. The summed E-state index contributed by atoms with van der Waals surface area (Å²) in [4.78, 5) is 27.6. The Hall–Kier alpha value is -2.92. The lowest BCUT2D eigenvalue weighted by molar-refractivity contribution is -0.140. The predicted molar refractivity (Wildman–Crippen MR) is 122 cm³/mol. The molecule has 2 aromatic rings. The minimum absolute atomic E-state index is 0.119. The molecule has 31 heavy (non-hydrogen) atoms. The number of hydrogen-bond donors (Lipinski definition) is 1. The molecule has 0 spiro atoms. The van der Waals surface area contributed by atoms with Gasteiger partial charge in [0.1, 0.15) is 5.76 Å². The second-order valence-corrected chi connectivity index (χ2v) is 8.48. The molecule has 1 atom stereocenters. The molecule has 3 rings (SSSR count). The number of aliphatic hydroxyl groups excluding tert-OH is 1. The number of amides is 1. The van der Waals surface area contributed by atoms with Gasteiger partial charge in [-0.1, -0.05) is 55.8 Å². The summed E-state index contributed by atoms with van der Waals surface area (Å²) in [6.07, 6.45) is 0.605. The van der Waals surface area contributed by atoms with E-state index in [1.54, 1.807) is 12.0 Å². The zero-order valence-corrected chi connectivity index (χ0v) is 18.9. The largest absolute Gasteiger partial charge is 0.507 e. The van der Waals surface area contributed by atoms with Crippen LogP contribution in [0, 0.1) is 13.8 Å². The molecule has 164 valence electrons. The van der Waals surface area contributed by atoms with E-state index in [4.69, 9.17) is 4.74 Å². The molecule has 2 aromatic carbocycles. The van der Waals surface area contributed by atoms with E-state index >= 15 is 0 Å². The summed E-state index contributed by atoms with van der Waals surface area (Å²) in [5.74, 6) is -0.974. The summed E-state index contributed by atoms with van der Waals surface area (Å²) >= 11 is 0. The molecule has 1 heterocycles. The molecule has 0 aromatic heterocycles. The summed E-state index contributed by atoms with van der Waals surface area (Å²) in [5, 5.41) is 11.2. The van der Waals surface area contributed by atoms with Gasteiger partial charge in [0.25, 0.3) is 11.7 Å². The fourth-order valence-corrected chi connectivity index (χ4v) is 4.04. The van der Waals surface area contributed by atoms with Crippen LogP contribution in [0.3, 0.4) is 0 Å². The van der Waals surface area contributed by atoms with Gasteiger partial charge >= 0.3 is 0 Å². The Balaban J connectivity index is 2.15. The number of carbonyl (C=O) groups is 2. The number of Topliss-reactive ketones (excluding diaryl/α,β-unsaturated/α-hetero) is 1. The Kier molecular flexibility index (Phi) is 6.96. The number of aliphatic hydroxyl groups is 1. The van der Waals surface area contributed by atoms with Crippen LogP contribution in [0.1, 0.15) is 60.0 Å². The fourth-order valence-electron chi connectivity index (χ4n) is 4.04. The van der Waals surface area contributed by atoms with E-state index in [0.29, 0.717) is 31.1 Å². The van der Waals surface area contributed by atoms with Crippen molar-refractivity contribution >= 4 is 17.4 Å². The molecule has 1 aliphatic heterocycles. The van der Waals surface area contributed by atoms with Crippen LogP contribution in [0.25, 0.3) is 5.76 Å². The number of hydrogen-bond acceptors (Lipinski definition) is 4. The Morgan fingerprint density at radius 3 is 2.39 bits per heavy atom. The lowest BCUT2D eigenvalue weighted by Gasteiger charge is -2.25. The van der Waals surface area contributed by atoms with Crippen molar-refractivity contribution in [3.63, 3.8) is 0 Å². The Morgan fingerprint density at radius 2 is 1.77 bits per heavy atom. The van der Waals surface area contributed by atoms with Crippen LogP contribution in [0.5, 0.6) is 0 Å². The van der Waals surface area contributed by atoms with Gasteiger partial charge in [-0.2, -0.15) is 0 Å². The third-order valence-electron chi connectivity index (χ3n) is 5.85. The number of ether oxygens (including phenoxy) is 1. The van der Waals surface area contributed by atoms with Gasteiger partial charge in [0.15, 0.2) is 0 Å². The van der Waals surface area contributed by atoms with Crippen molar-refractivity contribution in [2.45, 2.75) is 46.1 Å². The second kappa shape index (κ2) is 9.48. The first-order chi connectivity index (χ1) is 14.8. The molecule has 5 heteroatoms. The SMILES string of the molecule is COCCCN1C(=O)C(=O)C(=C(O)c2cc(C)ccc2C)C1c1ccc(C(C)C)cc1. The summed E-state index contributed by atoms with van der Waals surface area (Å²) in [6, 6.07) is 13.0. The van der Waals surface area contributed by atoms with Gasteiger partial charge in [-0.25, -0.2) is 0 Å². The second-order valence-electron chi connectivity index (χ2n) is 8.48. The molecule has 0 aliphatic carbocycles. The van der Waals surface area contributed by atoms with Crippen molar-refractivity contribution in [2.75, 3.05) is 20.3 Å². The number of rotatable bonds is 7. The summed E-state index contributed by atoms with van der Waals surface area (Å²) in [6.45, 7) is 8.91. The molecule has 1 fully saturated rings. The smallest absolute Gasteiger partial charge is 0.295 e. The van der Waals surface area contributed by atoms with Gasteiger partial charge in [0, 0.05) is 25.8 Å². The van der Waals surface area contributed by atoms with E-state index in [2.05, 4.69) is 13.8 Å². The van der Waals surface area contributed by atoms with Crippen LogP contribution in [0.15, 0.2) is 48.0 Å². The topological polar surface area (TPSA) is 66.8 Å². The minimum atomic E-state index is -0.645. The van der Waals surface area contributed by atoms with Gasteiger partial charge in [-0.15, -0.1) is 0 Å². The van der Waals surface area contributed by atoms with E-state index in [-0.39, 0.29) is 11.3 Å². The molecule has 1 saturated heterocycles. The predicted octanol–water partition coefficient (Wildman–Crippen LogP) is 4.89. The lowest BCUT2D eigenvalue weighted by atomic mass is 9.92. The van der Waals surface area contributed by atoms with Gasteiger partial charge in [-0.05, 0) is 48.9 Å². The maximum atomic E-state index is 13.1. The average Bonchev–Trinajstić information content (AvgIpc) is 3.00. The van der Waals surface area contributed by atoms with Crippen LogP contribution >= 0.6 is 0 Å². The molecule has 5 nitrogen and oxygen atoms in total. The molecular weight excluding hydrogens is 390 g/mol. The van der Waals surface area contributed by atoms with Crippen LogP contribution in [-0.4, -0.2) is 42.0 Å². The maximum Gasteiger partial charge on any atom is 0.295 e. The summed E-state index contributed by atoms with van der Waals surface area (Å²) in [7, 11) is 1.61. The summed E-state index contributed by atoms with van der Waals surface area (Å²) in [5.41, 5.74) is 4.54. The Bertz CT molecular complexity index is 1000. The van der Waals surface area contributed by atoms with Crippen LogP contribution < -0.4 is 0 Å². The Morgan fingerprint density at radius 1 is 1.10 bits per heavy atom. The van der Waals surface area contributed by atoms with Gasteiger partial charge in [-0.3, -0.25) is 9.59 Å². The third kappa shape index (κ3) is 4.57. The standard InChI is InChI=1S/C26H31NO4/c1-16(2)19-9-11-20(12-10-19)23-22(24(28)21-15-17(3)7-8-18(21)4)25(29)26(30)27(23)13-6-14-31-5/h7-12,15-16,23,28H,6,13-14H2,1-5H3.